The summed E-state index contributed by atoms with van der Waals surface area (Å²) in [5, 5.41) is 8.90. The Balaban J connectivity index is 1.68. The van der Waals surface area contributed by atoms with E-state index in [0.717, 1.165) is 0 Å². The molecule has 146 valence electrons. The van der Waals surface area contributed by atoms with Gasteiger partial charge in [0.15, 0.2) is 11.9 Å². The minimum Gasteiger partial charge on any atom is -0.479 e. The third-order valence-electron chi connectivity index (χ3n) is 4.44. The van der Waals surface area contributed by atoms with Gasteiger partial charge in [0.25, 0.3) is 5.91 Å². The molecule has 0 saturated heterocycles. The average molecular weight is 401 g/mol. The standard InChI is InChI=1S/C20H19NO6S/c1-12-19(23)21(2)16-9-15(7-8-18(16)27-12)17(22)11-28(26)10-13-3-5-14(6-4-13)20(24)25/h3-9,12H,10-11H2,1-2H3,(H,24,25). The van der Waals surface area contributed by atoms with E-state index in [1.54, 1.807) is 44.3 Å². The predicted octanol–water partition coefficient (Wildman–Crippen LogP) is 2.26. The van der Waals surface area contributed by atoms with Crippen LogP contribution in [-0.2, 0) is 21.3 Å². The van der Waals surface area contributed by atoms with Crippen LogP contribution in [0.25, 0.3) is 0 Å². The molecule has 1 heterocycles. The van der Waals surface area contributed by atoms with Crippen molar-refractivity contribution in [1.82, 2.24) is 0 Å². The molecule has 1 aliphatic rings. The van der Waals surface area contributed by atoms with Crippen LogP contribution in [-0.4, -0.2) is 45.9 Å². The molecule has 1 N–H and O–H groups in total. The number of nitrogens with zero attached hydrogens (tertiary/aromatic N) is 1. The number of Topliss-reactive ketones (excluding diaryl/α,β-unsaturated/α-hetero) is 1. The topological polar surface area (TPSA) is 101 Å². The van der Waals surface area contributed by atoms with Crippen molar-refractivity contribution in [2.45, 2.75) is 18.8 Å². The first-order valence-corrected chi connectivity index (χ1v) is 10.0. The van der Waals surface area contributed by atoms with Gasteiger partial charge in [-0.2, -0.15) is 0 Å². The molecule has 2 aromatic rings. The van der Waals surface area contributed by atoms with E-state index in [9.17, 15) is 18.6 Å². The van der Waals surface area contributed by atoms with Gasteiger partial charge in [-0.15, -0.1) is 0 Å². The summed E-state index contributed by atoms with van der Waals surface area (Å²) in [6.07, 6.45) is -0.584. The Morgan fingerprint density at radius 3 is 2.43 bits per heavy atom. The van der Waals surface area contributed by atoms with Crippen LogP contribution in [0.15, 0.2) is 42.5 Å². The molecule has 0 bridgehead atoms. The molecule has 7 nitrogen and oxygen atoms in total. The first-order chi connectivity index (χ1) is 13.3. The molecule has 8 heteroatoms. The van der Waals surface area contributed by atoms with E-state index >= 15 is 0 Å². The lowest BCUT2D eigenvalue weighted by atomic mass is 10.1. The third-order valence-corrected chi connectivity index (χ3v) is 5.68. The van der Waals surface area contributed by atoms with Crippen LogP contribution in [0.2, 0.25) is 0 Å². The number of hydrogen-bond acceptors (Lipinski definition) is 5. The number of carboxylic acids is 1. The molecule has 0 radical (unpaired) electrons. The first-order valence-electron chi connectivity index (χ1n) is 8.55. The molecule has 1 aliphatic heterocycles. The van der Waals surface area contributed by atoms with Crippen LogP contribution in [0.5, 0.6) is 5.75 Å². The van der Waals surface area contributed by atoms with Crippen molar-refractivity contribution in [2.24, 2.45) is 0 Å². The summed E-state index contributed by atoms with van der Waals surface area (Å²) >= 11 is 0. The summed E-state index contributed by atoms with van der Waals surface area (Å²) in [6.45, 7) is 1.66. The van der Waals surface area contributed by atoms with E-state index in [4.69, 9.17) is 9.84 Å². The second kappa shape index (κ2) is 7.93. The van der Waals surface area contributed by atoms with Crippen molar-refractivity contribution in [3.8, 4) is 5.75 Å². The van der Waals surface area contributed by atoms with E-state index in [1.165, 1.54) is 17.0 Å². The van der Waals surface area contributed by atoms with E-state index in [0.29, 0.717) is 22.6 Å². The molecule has 3 rings (SSSR count). The molecule has 2 unspecified atom stereocenters. The number of benzene rings is 2. The summed E-state index contributed by atoms with van der Waals surface area (Å²) in [7, 11) is 0.168. The molecule has 0 spiro atoms. The maximum Gasteiger partial charge on any atom is 0.335 e. The summed E-state index contributed by atoms with van der Waals surface area (Å²) in [5.74, 6) is -1.04. The number of carbonyl (C=O) groups is 3. The highest BCUT2D eigenvalue weighted by Crippen LogP contribution is 2.34. The summed E-state index contributed by atoms with van der Waals surface area (Å²) < 4.78 is 17.9. The minimum absolute atomic E-state index is 0.148. The Kier molecular flexibility index (Phi) is 5.60. The summed E-state index contributed by atoms with van der Waals surface area (Å²) in [5.41, 5.74) is 1.69. The van der Waals surface area contributed by atoms with Gasteiger partial charge in [0, 0.05) is 29.2 Å². The number of carbonyl (C=O) groups excluding carboxylic acids is 2. The van der Waals surface area contributed by atoms with E-state index < -0.39 is 22.9 Å². The highest BCUT2D eigenvalue weighted by atomic mass is 32.2. The lowest BCUT2D eigenvalue weighted by Crippen LogP contribution is -2.42. The van der Waals surface area contributed by atoms with Gasteiger partial charge >= 0.3 is 5.97 Å². The minimum atomic E-state index is -1.45. The van der Waals surface area contributed by atoms with Gasteiger partial charge in [-0.1, -0.05) is 12.1 Å². The van der Waals surface area contributed by atoms with Crippen LogP contribution in [0.4, 0.5) is 5.69 Å². The fourth-order valence-corrected chi connectivity index (χ4v) is 4.02. The summed E-state index contributed by atoms with van der Waals surface area (Å²) in [6, 6.07) is 10.8. The van der Waals surface area contributed by atoms with Gasteiger partial charge in [0.05, 0.1) is 17.0 Å². The maximum atomic E-state index is 12.5. The number of amides is 1. The second-order valence-electron chi connectivity index (χ2n) is 6.49. The van der Waals surface area contributed by atoms with Gasteiger partial charge < -0.3 is 14.7 Å². The number of fused-ring (bicyclic) bond motifs is 1. The highest BCUT2D eigenvalue weighted by Gasteiger charge is 2.29. The number of ether oxygens (including phenoxy) is 1. The maximum absolute atomic E-state index is 12.5. The number of likely N-dealkylation sites (N-methyl/N-ethyl adjacent to an activating group) is 1. The SMILES string of the molecule is CC1Oc2ccc(C(=O)CS(=O)Cc3ccc(C(=O)O)cc3)cc2N(C)C1=O. The fourth-order valence-electron chi connectivity index (χ4n) is 2.89. The van der Waals surface area contributed by atoms with Crippen molar-refractivity contribution < 1.29 is 28.4 Å². The van der Waals surface area contributed by atoms with Crippen molar-refractivity contribution >= 4 is 34.1 Å². The lowest BCUT2D eigenvalue weighted by Gasteiger charge is -2.30. The van der Waals surface area contributed by atoms with Crippen LogP contribution < -0.4 is 9.64 Å². The predicted molar refractivity (Wildman–Crippen MR) is 104 cm³/mol. The largest absolute Gasteiger partial charge is 0.479 e. The first kappa shape index (κ1) is 19.8. The molecule has 28 heavy (non-hydrogen) atoms. The van der Waals surface area contributed by atoms with E-state index in [2.05, 4.69) is 0 Å². The highest BCUT2D eigenvalue weighted by molar-refractivity contribution is 7.85. The van der Waals surface area contributed by atoms with Gasteiger partial charge in [-0.05, 0) is 42.8 Å². The molecule has 0 aliphatic carbocycles. The van der Waals surface area contributed by atoms with Crippen molar-refractivity contribution in [3.05, 3.63) is 59.2 Å². The molecule has 1 amide bonds. The fraction of sp³-hybridized carbons (Fsp3) is 0.250. The molecule has 0 saturated carbocycles. The second-order valence-corrected chi connectivity index (χ2v) is 7.95. The Labute approximate surface area is 164 Å². The number of anilines is 1. The molecular formula is C20H19NO6S. The number of carboxylic acid groups (broad SMARTS) is 1. The molecule has 0 aromatic heterocycles. The van der Waals surface area contributed by atoms with Crippen LogP contribution in [0.1, 0.15) is 33.2 Å². The molecule has 0 fully saturated rings. The zero-order valence-corrected chi connectivity index (χ0v) is 16.2. The van der Waals surface area contributed by atoms with Crippen LogP contribution >= 0.6 is 0 Å². The Bertz CT molecular complexity index is 969. The van der Waals surface area contributed by atoms with E-state index in [-0.39, 0.29) is 28.8 Å². The zero-order chi connectivity index (χ0) is 20.4. The molecule has 2 aromatic carbocycles. The van der Waals surface area contributed by atoms with Gasteiger partial charge in [-0.3, -0.25) is 13.8 Å². The Morgan fingerprint density at radius 1 is 1.14 bits per heavy atom. The number of hydrogen-bond donors (Lipinski definition) is 1. The molecular weight excluding hydrogens is 382 g/mol. The Morgan fingerprint density at radius 2 is 1.79 bits per heavy atom. The number of rotatable bonds is 6. The van der Waals surface area contributed by atoms with Crippen molar-refractivity contribution in [2.75, 3.05) is 17.7 Å². The molecule has 2 atom stereocenters. The van der Waals surface area contributed by atoms with Crippen molar-refractivity contribution in [3.63, 3.8) is 0 Å². The number of aromatic carboxylic acids is 1. The average Bonchev–Trinajstić information content (AvgIpc) is 2.66. The number of ketones is 1. The van der Waals surface area contributed by atoms with E-state index in [1.807, 2.05) is 0 Å². The van der Waals surface area contributed by atoms with Crippen LogP contribution in [0, 0.1) is 0 Å². The normalized spacial score (nSPS) is 16.9. The van der Waals surface area contributed by atoms with Crippen LogP contribution in [0.3, 0.4) is 0 Å². The Hall–Kier alpha value is -3.00. The monoisotopic (exact) mass is 401 g/mol. The third kappa shape index (κ3) is 4.12. The zero-order valence-electron chi connectivity index (χ0n) is 15.4. The quantitative estimate of drug-likeness (QED) is 0.745. The summed E-state index contributed by atoms with van der Waals surface area (Å²) in [4.78, 5) is 36.9. The van der Waals surface area contributed by atoms with Gasteiger partial charge in [0.2, 0.25) is 0 Å². The smallest absolute Gasteiger partial charge is 0.335 e. The van der Waals surface area contributed by atoms with Gasteiger partial charge in [-0.25, -0.2) is 4.79 Å². The van der Waals surface area contributed by atoms with Gasteiger partial charge in [0.1, 0.15) is 5.75 Å². The lowest BCUT2D eigenvalue weighted by molar-refractivity contribution is -0.125. The van der Waals surface area contributed by atoms with Crippen molar-refractivity contribution in [1.29, 1.82) is 0 Å².